The number of rotatable bonds is 2. The molecule has 0 atom stereocenters. The van der Waals surface area contributed by atoms with E-state index in [4.69, 9.17) is 0 Å². The lowest BCUT2D eigenvalue weighted by Crippen LogP contribution is -2.26. The number of allylic oxidation sites excluding steroid dienone is 1. The second kappa shape index (κ2) is 2.95. The first-order valence-corrected chi connectivity index (χ1v) is 3.21. The third kappa shape index (κ3) is 2.29. The molecule has 0 aromatic carbocycles. The van der Waals surface area contributed by atoms with Gasteiger partial charge in [-0.15, -0.1) is 0 Å². The molecule has 0 rings (SSSR count). The molecule has 0 aromatic rings. The highest BCUT2D eigenvalue weighted by atomic mass is 19.1. The van der Waals surface area contributed by atoms with E-state index in [-0.39, 0.29) is 0 Å². The third-order valence-corrected chi connectivity index (χ3v) is 1.19. The molecule has 1 nitrogen and oxygen atoms in total. The van der Waals surface area contributed by atoms with Gasteiger partial charge in [-0.25, -0.2) is 4.39 Å². The fourth-order valence-corrected chi connectivity index (χ4v) is 0.964. The van der Waals surface area contributed by atoms with E-state index >= 15 is 0 Å². The summed E-state index contributed by atoms with van der Waals surface area (Å²) in [5.74, 6) is 0. The van der Waals surface area contributed by atoms with E-state index in [1.54, 1.807) is 14.0 Å². The predicted molar refractivity (Wildman–Crippen MR) is 43.4 cm³/mol. The van der Waals surface area contributed by atoms with Crippen molar-refractivity contribution < 1.29 is 4.39 Å². The molecule has 0 radical (unpaired) electrons. The molecule has 0 aliphatic rings. The van der Waals surface area contributed by atoms with Crippen molar-refractivity contribution in [2.75, 3.05) is 7.05 Å². The molecule has 0 saturated carbocycles. The molecule has 10 heavy (non-hydrogen) atoms. The van der Waals surface area contributed by atoms with Crippen LogP contribution in [0.15, 0.2) is 17.1 Å². The van der Waals surface area contributed by atoms with Gasteiger partial charge in [-0.3, -0.25) is 4.99 Å². The van der Waals surface area contributed by atoms with Crippen LogP contribution in [0.25, 0.3) is 0 Å². The summed E-state index contributed by atoms with van der Waals surface area (Å²) < 4.78 is 13.1. The molecular formula is C8H14FN. The van der Waals surface area contributed by atoms with E-state index in [0.29, 0.717) is 11.3 Å². The fourth-order valence-electron chi connectivity index (χ4n) is 0.964. The quantitative estimate of drug-likeness (QED) is 0.526. The molecule has 0 amide bonds. The average Bonchev–Trinajstić information content (AvgIpc) is 1.60. The van der Waals surface area contributed by atoms with Crippen molar-refractivity contribution in [3.05, 3.63) is 12.2 Å². The zero-order chi connectivity index (χ0) is 8.36. The number of hydrogen-bond donors (Lipinski definition) is 0. The van der Waals surface area contributed by atoms with Gasteiger partial charge < -0.3 is 0 Å². The summed E-state index contributed by atoms with van der Waals surface area (Å²) in [6.45, 7) is 8.33. The summed E-state index contributed by atoms with van der Waals surface area (Å²) in [6.07, 6.45) is 0. The zero-order valence-electron chi connectivity index (χ0n) is 7.03. The maximum Gasteiger partial charge on any atom is 0.146 e. The van der Waals surface area contributed by atoms with Crippen LogP contribution in [0.1, 0.15) is 20.8 Å². The van der Waals surface area contributed by atoms with Crippen molar-refractivity contribution in [1.82, 2.24) is 0 Å². The SMILES string of the molecule is C=C(C)C(=NC)C(C)(C)F. The van der Waals surface area contributed by atoms with Crippen molar-refractivity contribution >= 4 is 5.71 Å². The van der Waals surface area contributed by atoms with Crippen LogP contribution in [-0.2, 0) is 0 Å². The zero-order valence-corrected chi connectivity index (χ0v) is 7.03. The van der Waals surface area contributed by atoms with Crippen LogP contribution in [0.3, 0.4) is 0 Å². The standard InChI is InChI=1S/C8H14FN/c1-6(2)7(10-5)8(3,4)9/h1H2,2-5H3. The first-order chi connectivity index (χ1) is 4.39. The van der Waals surface area contributed by atoms with Gasteiger partial charge in [0, 0.05) is 7.05 Å². The van der Waals surface area contributed by atoms with Crippen molar-refractivity contribution in [3.8, 4) is 0 Å². The summed E-state index contributed by atoms with van der Waals surface area (Å²) in [6, 6.07) is 0. The van der Waals surface area contributed by atoms with E-state index in [1.807, 2.05) is 0 Å². The number of halogens is 1. The summed E-state index contributed by atoms with van der Waals surface area (Å²) in [7, 11) is 1.57. The lowest BCUT2D eigenvalue weighted by Gasteiger charge is -2.16. The van der Waals surface area contributed by atoms with Crippen molar-refractivity contribution in [2.24, 2.45) is 4.99 Å². The Morgan fingerprint density at radius 2 is 1.90 bits per heavy atom. The van der Waals surface area contributed by atoms with Gasteiger partial charge in [0.1, 0.15) is 5.67 Å². The smallest absolute Gasteiger partial charge is 0.146 e. The summed E-state index contributed by atoms with van der Waals surface area (Å²) in [5, 5.41) is 0. The monoisotopic (exact) mass is 143 g/mol. The molecule has 0 aliphatic carbocycles. The number of aliphatic imine (C=N–C) groups is 1. The summed E-state index contributed by atoms with van der Waals surface area (Å²) in [4.78, 5) is 3.80. The van der Waals surface area contributed by atoms with Gasteiger partial charge in [-0.05, 0) is 26.3 Å². The minimum Gasteiger partial charge on any atom is -0.289 e. The Morgan fingerprint density at radius 3 is 1.90 bits per heavy atom. The van der Waals surface area contributed by atoms with Crippen molar-refractivity contribution in [2.45, 2.75) is 26.4 Å². The highest BCUT2D eigenvalue weighted by molar-refractivity contribution is 6.04. The minimum absolute atomic E-state index is 0.438. The Bertz CT molecular complexity index is 163. The Labute approximate surface area is 61.7 Å². The van der Waals surface area contributed by atoms with Crippen LogP contribution < -0.4 is 0 Å². The molecule has 0 aliphatic heterocycles. The third-order valence-electron chi connectivity index (χ3n) is 1.19. The minimum atomic E-state index is -1.36. The molecule has 0 saturated heterocycles. The predicted octanol–water partition coefficient (Wildman–Crippen LogP) is 2.38. The van der Waals surface area contributed by atoms with Gasteiger partial charge in [0.05, 0.1) is 5.71 Å². The second-order valence-corrected chi connectivity index (χ2v) is 2.82. The van der Waals surface area contributed by atoms with E-state index in [2.05, 4.69) is 11.6 Å². The lowest BCUT2D eigenvalue weighted by molar-refractivity contribution is 0.313. The van der Waals surface area contributed by atoms with E-state index in [1.165, 1.54) is 13.8 Å². The van der Waals surface area contributed by atoms with Crippen LogP contribution in [0.2, 0.25) is 0 Å². The molecular weight excluding hydrogens is 129 g/mol. The van der Waals surface area contributed by atoms with Gasteiger partial charge in [0.25, 0.3) is 0 Å². The van der Waals surface area contributed by atoms with Gasteiger partial charge in [-0.1, -0.05) is 6.58 Å². The molecule has 0 fully saturated rings. The average molecular weight is 143 g/mol. The molecule has 0 bridgehead atoms. The Hall–Kier alpha value is -0.660. The van der Waals surface area contributed by atoms with Crippen LogP contribution in [-0.4, -0.2) is 18.4 Å². The van der Waals surface area contributed by atoms with Crippen molar-refractivity contribution in [1.29, 1.82) is 0 Å². The number of alkyl halides is 1. The highest BCUT2D eigenvalue weighted by Gasteiger charge is 2.23. The van der Waals surface area contributed by atoms with E-state index < -0.39 is 5.67 Å². The molecule has 0 heterocycles. The largest absolute Gasteiger partial charge is 0.289 e. The molecule has 0 spiro atoms. The van der Waals surface area contributed by atoms with E-state index in [9.17, 15) is 4.39 Å². The second-order valence-electron chi connectivity index (χ2n) is 2.82. The normalized spacial score (nSPS) is 13.5. The molecule has 0 aromatic heterocycles. The Morgan fingerprint density at radius 1 is 1.50 bits per heavy atom. The van der Waals surface area contributed by atoms with Gasteiger partial charge in [-0.2, -0.15) is 0 Å². The lowest BCUT2D eigenvalue weighted by atomic mass is 9.99. The number of nitrogens with zero attached hydrogens (tertiary/aromatic N) is 1. The van der Waals surface area contributed by atoms with Gasteiger partial charge in [0.15, 0.2) is 0 Å². The highest BCUT2D eigenvalue weighted by Crippen LogP contribution is 2.15. The summed E-state index contributed by atoms with van der Waals surface area (Å²) >= 11 is 0. The molecule has 2 heteroatoms. The van der Waals surface area contributed by atoms with E-state index in [0.717, 1.165) is 0 Å². The number of hydrogen-bond acceptors (Lipinski definition) is 1. The van der Waals surface area contributed by atoms with Crippen LogP contribution in [0.4, 0.5) is 4.39 Å². The summed E-state index contributed by atoms with van der Waals surface area (Å²) in [5.41, 5.74) is -0.233. The van der Waals surface area contributed by atoms with Gasteiger partial charge >= 0.3 is 0 Å². The van der Waals surface area contributed by atoms with Crippen molar-refractivity contribution in [3.63, 3.8) is 0 Å². The van der Waals surface area contributed by atoms with Crippen LogP contribution in [0.5, 0.6) is 0 Å². The maximum absolute atomic E-state index is 13.1. The Balaban J connectivity index is 4.56. The first kappa shape index (κ1) is 9.34. The molecule has 0 unspecified atom stereocenters. The Kier molecular flexibility index (Phi) is 2.76. The maximum atomic E-state index is 13.1. The van der Waals surface area contributed by atoms with Crippen LogP contribution >= 0.6 is 0 Å². The molecule has 58 valence electrons. The topological polar surface area (TPSA) is 12.4 Å². The molecule has 0 N–H and O–H groups in total. The first-order valence-electron chi connectivity index (χ1n) is 3.21. The fraction of sp³-hybridized carbons (Fsp3) is 0.625. The van der Waals surface area contributed by atoms with Gasteiger partial charge in [0.2, 0.25) is 0 Å². The van der Waals surface area contributed by atoms with Crippen LogP contribution in [0, 0.1) is 0 Å².